The maximum absolute atomic E-state index is 11.5. The van der Waals surface area contributed by atoms with Gasteiger partial charge in [0, 0.05) is 5.56 Å². The number of methoxy groups -OCH3 is 1. The van der Waals surface area contributed by atoms with Crippen molar-refractivity contribution in [1.82, 2.24) is 0 Å². The Morgan fingerprint density at radius 2 is 1.58 bits per heavy atom. The average molecular weight is 277 g/mol. The Bertz CT molecular complexity index is 554. The van der Waals surface area contributed by atoms with Gasteiger partial charge in [0.1, 0.15) is 0 Å². The van der Waals surface area contributed by atoms with Gasteiger partial charge in [-0.2, -0.15) is 0 Å². The van der Waals surface area contributed by atoms with Crippen molar-refractivity contribution in [3.05, 3.63) is 60.2 Å². The summed E-state index contributed by atoms with van der Waals surface area (Å²) in [6.45, 7) is 0. The van der Waals surface area contributed by atoms with Crippen molar-refractivity contribution < 1.29 is 14.3 Å². The minimum Gasteiger partial charge on any atom is -0.493 e. The molecule has 0 radical (unpaired) electrons. The summed E-state index contributed by atoms with van der Waals surface area (Å²) in [7, 11) is 1.54. The van der Waals surface area contributed by atoms with Crippen LogP contribution in [-0.2, 0) is 4.79 Å². The molecule has 2 rings (SSSR count). The van der Waals surface area contributed by atoms with Gasteiger partial charge in [-0.05, 0) is 23.7 Å². The maximum atomic E-state index is 11.5. The zero-order valence-electron chi connectivity index (χ0n) is 10.4. The molecule has 0 amide bonds. The zero-order chi connectivity index (χ0) is 13.7. The smallest absolute Gasteiger partial charge is 0.267 e. The number of halogens is 1. The summed E-state index contributed by atoms with van der Waals surface area (Å²) in [5.74, 6) is 1.04. The van der Waals surface area contributed by atoms with Gasteiger partial charge in [0.2, 0.25) is 0 Å². The van der Waals surface area contributed by atoms with Crippen molar-refractivity contribution >= 4 is 16.8 Å². The van der Waals surface area contributed by atoms with E-state index in [4.69, 9.17) is 21.1 Å². The predicted octanol–water partition coefficient (Wildman–Crippen LogP) is 3.58. The highest BCUT2D eigenvalue weighted by molar-refractivity contribution is 6.64. The van der Waals surface area contributed by atoms with Crippen molar-refractivity contribution in [3.63, 3.8) is 0 Å². The number of hydrogen-bond acceptors (Lipinski definition) is 3. The summed E-state index contributed by atoms with van der Waals surface area (Å²) in [5.41, 5.74) is 0.702. The molecule has 19 heavy (non-hydrogen) atoms. The van der Waals surface area contributed by atoms with Gasteiger partial charge in [-0.15, -0.1) is 0 Å². The van der Waals surface area contributed by atoms with Crippen LogP contribution in [0.4, 0.5) is 0 Å². The van der Waals surface area contributed by atoms with E-state index >= 15 is 0 Å². The second kappa shape index (κ2) is 6.25. The van der Waals surface area contributed by atoms with Crippen molar-refractivity contribution in [2.75, 3.05) is 7.11 Å². The number of carbonyl (C=O) groups is 1. The molecule has 98 valence electrons. The first-order valence-corrected chi connectivity index (χ1v) is 6.14. The number of para-hydroxylation sites is 2. The molecule has 0 fully saturated rings. The van der Waals surface area contributed by atoms with Crippen LogP contribution in [0, 0.1) is 0 Å². The Kier molecular flexibility index (Phi) is 4.42. The van der Waals surface area contributed by atoms with Gasteiger partial charge in [-0.25, -0.2) is 0 Å². The van der Waals surface area contributed by atoms with E-state index in [0.29, 0.717) is 17.1 Å². The second-order valence-corrected chi connectivity index (χ2v) is 4.24. The molecule has 0 aliphatic rings. The standard InChI is InChI=1S/C15H13ClO3/c1-18-12-9-5-6-10-13(12)19-14(15(16)17)11-7-3-2-4-8-11/h2-10,14H,1H3. The molecule has 2 aromatic carbocycles. The van der Waals surface area contributed by atoms with Crippen LogP contribution in [0.1, 0.15) is 11.7 Å². The zero-order valence-corrected chi connectivity index (χ0v) is 11.1. The van der Waals surface area contributed by atoms with Crippen LogP contribution in [-0.4, -0.2) is 12.4 Å². The van der Waals surface area contributed by atoms with Crippen molar-refractivity contribution in [2.45, 2.75) is 6.10 Å². The van der Waals surface area contributed by atoms with Gasteiger partial charge < -0.3 is 9.47 Å². The highest BCUT2D eigenvalue weighted by Gasteiger charge is 2.21. The molecule has 0 spiro atoms. The van der Waals surface area contributed by atoms with E-state index in [0.717, 1.165) is 0 Å². The molecule has 0 saturated carbocycles. The predicted molar refractivity (Wildman–Crippen MR) is 73.7 cm³/mol. The average Bonchev–Trinajstić information content (AvgIpc) is 2.45. The van der Waals surface area contributed by atoms with Crippen LogP contribution in [0.25, 0.3) is 0 Å². The number of rotatable bonds is 5. The van der Waals surface area contributed by atoms with Crippen molar-refractivity contribution in [3.8, 4) is 11.5 Å². The quantitative estimate of drug-likeness (QED) is 0.783. The molecule has 0 aliphatic heterocycles. The molecule has 0 aliphatic carbocycles. The van der Waals surface area contributed by atoms with Crippen molar-refractivity contribution in [1.29, 1.82) is 0 Å². The van der Waals surface area contributed by atoms with Crippen LogP contribution in [0.2, 0.25) is 0 Å². The van der Waals surface area contributed by atoms with Gasteiger partial charge >= 0.3 is 0 Å². The molecule has 0 aromatic heterocycles. The third-order valence-electron chi connectivity index (χ3n) is 2.62. The number of benzene rings is 2. The molecule has 0 bridgehead atoms. The fraction of sp³-hybridized carbons (Fsp3) is 0.133. The highest BCUT2D eigenvalue weighted by atomic mass is 35.5. The van der Waals surface area contributed by atoms with E-state index in [-0.39, 0.29) is 0 Å². The molecular formula is C15H13ClO3. The largest absolute Gasteiger partial charge is 0.493 e. The fourth-order valence-corrected chi connectivity index (χ4v) is 1.89. The number of hydrogen-bond donors (Lipinski definition) is 0. The van der Waals surface area contributed by atoms with E-state index in [1.165, 1.54) is 0 Å². The van der Waals surface area contributed by atoms with Gasteiger partial charge in [0.15, 0.2) is 17.6 Å². The lowest BCUT2D eigenvalue weighted by molar-refractivity contribution is -0.118. The number of carbonyl (C=O) groups excluding carboxylic acids is 1. The third-order valence-corrected chi connectivity index (χ3v) is 2.82. The minimum absolute atomic E-state index is 0.479. The normalized spacial score (nSPS) is 11.7. The lowest BCUT2D eigenvalue weighted by atomic mass is 10.1. The Hall–Kier alpha value is -2.00. The molecular weight excluding hydrogens is 264 g/mol. The Labute approximate surface area is 116 Å². The summed E-state index contributed by atoms with van der Waals surface area (Å²) in [6.07, 6.45) is -0.848. The Morgan fingerprint density at radius 3 is 2.16 bits per heavy atom. The highest BCUT2D eigenvalue weighted by Crippen LogP contribution is 2.31. The lowest BCUT2D eigenvalue weighted by Crippen LogP contribution is -2.14. The minimum atomic E-state index is -0.848. The van der Waals surface area contributed by atoms with Gasteiger partial charge in [-0.3, -0.25) is 4.79 Å². The topological polar surface area (TPSA) is 35.5 Å². The molecule has 1 unspecified atom stereocenters. The SMILES string of the molecule is COc1ccccc1OC(C(=O)Cl)c1ccccc1. The Morgan fingerprint density at radius 1 is 1.00 bits per heavy atom. The van der Waals surface area contributed by atoms with E-state index in [1.54, 1.807) is 37.4 Å². The molecule has 0 N–H and O–H groups in total. The van der Waals surface area contributed by atoms with E-state index < -0.39 is 11.3 Å². The second-order valence-electron chi connectivity index (χ2n) is 3.86. The first-order chi connectivity index (χ1) is 9.22. The van der Waals surface area contributed by atoms with Crippen LogP contribution in [0.5, 0.6) is 11.5 Å². The summed E-state index contributed by atoms with van der Waals surface area (Å²) in [4.78, 5) is 11.5. The molecule has 1 atom stereocenters. The molecule has 0 heterocycles. The fourth-order valence-electron chi connectivity index (χ4n) is 1.72. The van der Waals surface area contributed by atoms with Gasteiger partial charge in [0.25, 0.3) is 5.24 Å². The van der Waals surface area contributed by atoms with E-state index in [9.17, 15) is 4.79 Å². The Balaban J connectivity index is 2.30. The van der Waals surface area contributed by atoms with Crippen LogP contribution < -0.4 is 9.47 Å². The van der Waals surface area contributed by atoms with Gasteiger partial charge in [-0.1, -0.05) is 42.5 Å². The summed E-state index contributed by atoms with van der Waals surface area (Å²) < 4.78 is 10.9. The summed E-state index contributed by atoms with van der Waals surface area (Å²) in [6, 6.07) is 16.2. The third kappa shape index (κ3) is 3.26. The van der Waals surface area contributed by atoms with Gasteiger partial charge in [0.05, 0.1) is 7.11 Å². The van der Waals surface area contributed by atoms with Crippen LogP contribution >= 0.6 is 11.6 Å². The summed E-state index contributed by atoms with van der Waals surface area (Å²) in [5, 5.41) is -0.572. The van der Waals surface area contributed by atoms with Crippen LogP contribution in [0.3, 0.4) is 0 Å². The van der Waals surface area contributed by atoms with E-state index in [1.807, 2.05) is 24.3 Å². The van der Waals surface area contributed by atoms with Crippen molar-refractivity contribution in [2.24, 2.45) is 0 Å². The molecule has 0 saturated heterocycles. The molecule has 4 heteroatoms. The first kappa shape index (κ1) is 13.4. The van der Waals surface area contributed by atoms with Crippen LogP contribution in [0.15, 0.2) is 54.6 Å². The summed E-state index contributed by atoms with van der Waals surface area (Å²) >= 11 is 5.62. The molecule has 2 aromatic rings. The monoisotopic (exact) mass is 276 g/mol. The number of ether oxygens (including phenoxy) is 2. The van der Waals surface area contributed by atoms with E-state index in [2.05, 4.69) is 0 Å². The lowest BCUT2D eigenvalue weighted by Gasteiger charge is -2.17. The first-order valence-electron chi connectivity index (χ1n) is 5.76. The maximum Gasteiger partial charge on any atom is 0.267 e. The molecule has 3 nitrogen and oxygen atoms in total.